The van der Waals surface area contributed by atoms with Crippen molar-refractivity contribution in [2.75, 3.05) is 13.1 Å². The molecule has 0 radical (unpaired) electrons. The standard InChI is InChI=1S/C14H19Cl2NO/c1-2-3-13(10-6-7-17-9-10)18-14-5-4-11(15)8-12(14)16/h4-5,8,10,13,17H,2-3,6-7,9H2,1H3/t10?,13-/m0/s1. The van der Waals surface area contributed by atoms with E-state index in [1.165, 1.54) is 6.42 Å². The van der Waals surface area contributed by atoms with Gasteiger partial charge in [0.25, 0.3) is 0 Å². The fourth-order valence-electron chi connectivity index (χ4n) is 2.40. The van der Waals surface area contributed by atoms with Crippen molar-refractivity contribution in [3.05, 3.63) is 28.2 Å². The van der Waals surface area contributed by atoms with Crippen LogP contribution >= 0.6 is 23.2 Å². The minimum Gasteiger partial charge on any atom is -0.489 e. The van der Waals surface area contributed by atoms with E-state index in [2.05, 4.69) is 12.2 Å². The van der Waals surface area contributed by atoms with Crippen molar-refractivity contribution in [1.29, 1.82) is 0 Å². The van der Waals surface area contributed by atoms with Crippen molar-refractivity contribution in [3.8, 4) is 5.75 Å². The molecule has 0 aromatic heterocycles. The molecule has 100 valence electrons. The first-order valence-corrected chi connectivity index (χ1v) is 7.28. The van der Waals surface area contributed by atoms with Gasteiger partial charge in [-0.1, -0.05) is 36.5 Å². The summed E-state index contributed by atoms with van der Waals surface area (Å²) in [7, 11) is 0. The van der Waals surface area contributed by atoms with Crippen LogP contribution in [0.5, 0.6) is 5.75 Å². The summed E-state index contributed by atoms with van der Waals surface area (Å²) in [4.78, 5) is 0. The van der Waals surface area contributed by atoms with E-state index in [-0.39, 0.29) is 6.10 Å². The molecule has 18 heavy (non-hydrogen) atoms. The Bertz CT molecular complexity index is 391. The molecule has 1 aliphatic rings. The van der Waals surface area contributed by atoms with E-state index >= 15 is 0 Å². The van der Waals surface area contributed by atoms with Gasteiger partial charge in [0.15, 0.2) is 0 Å². The Kier molecular flexibility index (Phi) is 5.16. The highest BCUT2D eigenvalue weighted by Gasteiger charge is 2.26. The van der Waals surface area contributed by atoms with Crippen LogP contribution in [0.25, 0.3) is 0 Å². The van der Waals surface area contributed by atoms with Gasteiger partial charge in [-0.3, -0.25) is 0 Å². The Labute approximate surface area is 119 Å². The van der Waals surface area contributed by atoms with Gasteiger partial charge in [-0.15, -0.1) is 0 Å². The van der Waals surface area contributed by atoms with Crippen LogP contribution in [0, 0.1) is 5.92 Å². The first-order chi connectivity index (χ1) is 8.70. The van der Waals surface area contributed by atoms with Gasteiger partial charge in [-0.05, 0) is 37.6 Å². The maximum Gasteiger partial charge on any atom is 0.138 e. The van der Waals surface area contributed by atoms with Crippen LogP contribution in [0.3, 0.4) is 0 Å². The molecule has 1 N–H and O–H groups in total. The van der Waals surface area contributed by atoms with E-state index in [0.29, 0.717) is 16.0 Å². The maximum absolute atomic E-state index is 6.16. The molecule has 1 aliphatic heterocycles. The monoisotopic (exact) mass is 287 g/mol. The summed E-state index contributed by atoms with van der Waals surface area (Å²) in [6.07, 6.45) is 3.59. The van der Waals surface area contributed by atoms with Gasteiger partial charge in [-0.2, -0.15) is 0 Å². The first kappa shape index (κ1) is 14.0. The average molecular weight is 288 g/mol. The summed E-state index contributed by atoms with van der Waals surface area (Å²) < 4.78 is 6.09. The van der Waals surface area contributed by atoms with Crippen LogP contribution in [0.4, 0.5) is 0 Å². The number of hydrogen-bond acceptors (Lipinski definition) is 2. The second kappa shape index (κ2) is 6.65. The van der Waals surface area contributed by atoms with Crippen molar-refractivity contribution < 1.29 is 4.74 Å². The SMILES string of the molecule is CCC[C@H](Oc1ccc(Cl)cc1Cl)C1CCNC1. The Hall–Kier alpha value is -0.440. The van der Waals surface area contributed by atoms with E-state index in [0.717, 1.165) is 31.7 Å². The second-order valence-corrected chi connectivity index (χ2v) is 5.62. The highest BCUT2D eigenvalue weighted by Crippen LogP contribution is 2.31. The van der Waals surface area contributed by atoms with Crippen LogP contribution in [0.2, 0.25) is 10.0 Å². The van der Waals surface area contributed by atoms with Crippen molar-refractivity contribution >= 4 is 23.2 Å². The largest absolute Gasteiger partial charge is 0.489 e. The van der Waals surface area contributed by atoms with Gasteiger partial charge >= 0.3 is 0 Å². The van der Waals surface area contributed by atoms with Gasteiger partial charge in [-0.25, -0.2) is 0 Å². The van der Waals surface area contributed by atoms with Gasteiger partial charge in [0.05, 0.1) is 5.02 Å². The highest BCUT2D eigenvalue weighted by atomic mass is 35.5. The number of nitrogens with one attached hydrogen (secondary N) is 1. The molecule has 1 aromatic rings. The number of ether oxygens (including phenoxy) is 1. The van der Waals surface area contributed by atoms with E-state index < -0.39 is 0 Å². The molecule has 0 amide bonds. The molecule has 1 saturated heterocycles. The lowest BCUT2D eigenvalue weighted by molar-refractivity contribution is 0.132. The molecule has 1 unspecified atom stereocenters. The lowest BCUT2D eigenvalue weighted by Gasteiger charge is -2.24. The van der Waals surface area contributed by atoms with Gasteiger partial charge in [0, 0.05) is 17.5 Å². The second-order valence-electron chi connectivity index (χ2n) is 4.77. The summed E-state index contributed by atoms with van der Waals surface area (Å²) in [5.74, 6) is 1.32. The van der Waals surface area contributed by atoms with E-state index in [9.17, 15) is 0 Å². The predicted octanol–water partition coefficient (Wildman–Crippen LogP) is 4.15. The number of hydrogen-bond donors (Lipinski definition) is 1. The van der Waals surface area contributed by atoms with Crippen LogP contribution < -0.4 is 10.1 Å². The molecule has 0 saturated carbocycles. The van der Waals surface area contributed by atoms with Crippen molar-refractivity contribution in [3.63, 3.8) is 0 Å². The zero-order valence-corrected chi connectivity index (χ0v) is 12.1. The minimum absolute atomic E-state index is 0.240. The topological polar surface area (TPSA) is 21.3 Å². The third kappa shape index (κ3) is 3.53. The Morgan fingerprint density at radius 2 is 2.28 bits per heavy atom. The normalized spacial score (nSPS) is 20.9. The fraction of sp³-hybridized carbons (Fsp3) is 0.571. The average Bonchev–Trinajstić information content (AvgIpc) is 2.85. The van der Waals surface area contributed by atoms with E-state index in [1.807, 2.05) is 12.1 Å². The zero-order chi connectivity index (χ0) is 13.0. The molecule has 1 heterocycles. The third-order valence-corrected chi connectivity index (χ3v) is 3.90. The molecule has 0 aliphatic carbocycles. The molecular formula is C14H19Cl2NO. The molecule has 1 aromatic carbocycles. The summed E-state index contributed by atoms with van der Waals surface area (Å²) in [6.45, 7) is 4.31. The first-order valence-electron chi connectivity index (χ1n) is 6.53. The number of halogens is 2. The van der Waals surface area contributed by atoms with Crippen LogP contribution in [-0.2, 0) is 0 Å². The minimum atomic E-state index is 0.240. The lowest BCUT2D eigenvalue weighted by atomic mass is 9.97. The van der Waals surface area contributed by atoms with Crippen molar-refractivity contribution in [1.82, 2.24) is 5.32 Å². The summed E-state index contributed by atoms with van der Waals surface area (Å²) in [5, 5.41) is 4.62. The number of rotatable bonds is 5. The zero-order valence-electron chi connectivity index (χ0n) is 10.6. The maximum atomic E-state index is 6.16. The molecule has 2 nitrogen and oxygen atoms in total. The van der Waals surface area contributed by atoms with Crippen molar-refractivity contribution in [2.45, 2.75) is 32.3 Å². The summed E-state index contributed by atoms with van der Waals surface area (Å²) in [6, 6.07) is 5.41. The van der Waals surface area contributed by atoms with Crippen LogP contribution in [0.1, 0.15) is 26.2 Å². The van der Waals surface area contributed by atoms with E-state index in [4.69, 9.17) is 27.9 Å². The molecule has 0 bridgehead atoms. The molecule has 0 spiro atoms. The van der Waals surface area contributed by atoms with Crippen LogP contribution in [-0.4, -0.2) is 19.2 Å². The molecule has 1 fully saturated rings. The predicted molar refractivity (Wildman–Crippen MR) is 76.8 cm³/mol. The van der Waals surface area contributed by atoms with E-state index in [1.54, 1.807) is 6.07 Å². The van der Waals surface area contributed by atoms with Crippen molar-refractivity contribution in [2.24, 2.45) is 5.92 Å². The smallest absolute Gasteiger partial charge is 0.138 e. The highest BCUT2D eigenvalue weighted by molar-refractivity contribution is 6.35. The van der Waals surface area contributed by atoms with Crippen LogP contribution in [0.15, 0.2) is 18.2 Å². The lowest BCUT2D eigenvalue weighted by Crippen LogP contribution is -2.28. The molecular weight excluding hydrogens is 269 g/mol. The molecule has 2 atom stereocenters. The van der Waals surface area contributed by atoms with Gasteiger partial charge < -0.3 is 10.1 Å². The molecule has 4 heteroatoms. The summed E-state index contributed by atoms with van der Waals surface area (Å²) in [5.41, 5.74) is 0. The molecule has 2 rings (SSSR count). The number of benzene rings is 1. The van der Waals surface area contributed by atoms with Gasteiger partial charge in [0.1, 0.15) is 11.9 Å². The quantitative estimate of drug-likeness (QED) is 0.878. The fourth-order valence-corrected chi connectivity index (χ4v) is 2.86. The Balaban J connectivity index is 2.07. The third-order valence-electron chi connectivity index (χ3n) is 3.37. The Morgan fingerprint density at radius 3 is 2.89 bits per heavy atom. The van der Waals surface area contributed by atoms with Gasteiger partial charge in [0.2, 0.25) is 0 Å². The Morgan fingerprint density at radius 1 is 1.44 bits per heavy atom. The summed E-state index contributed by atoms with van der Waals surface area (Å²) >= 11 is 12.0.